The van der Waals surface area contributed by atoms with Crippen molar-refractivity contribution in [1.82, 2.24) is 10.2 Å². The number of halogens is 3. The molecule has 0 radical (unpaired) electrons. The molecule has 6 heteroatoms. The summed E-state index contributed by atoms with van der Waals surface area (Å²) >= 11 is 3.27. The molecule has 0 bridgehead atoms. The highest BCUT2D eigenvalue weighted by Crippen LogP contribution is 2.23. The van der Waals surface area contributed by atoms with Gasteiger partial charge >= 0.3 is 0 Å². The van der Waals surface area contributed by atoms with E-state index in [2.05, 4.69) is 26.1 Å². The minimum atomic E-state index is -2.40. The van der Waals surface area contributed by atoms with Crippen LogP contribution in [0.15, 0.2) is 30.5 Å². The van der Waals surface area contributed by atoms with Crippen molar-refractivity contribution in [3.63, 3.8) is 0 Å². The summed E-state index contributed by atoms with van der Waals surface area (Å²) in [7, 11) is 0. The zero-order valence-electron chi connectivity index (χ0n) is 9.56. The predicted octanol–water partition coefficient (Wildman–Crippen LogP) is 3.10. The molecule has 2 aromatic rings. The topological polar surface area (TPSA) is 29.0 Å². The van der Waals surface area contributed by atoms with Crippen LogP contribution in [0.2, 0.25) is 0 Å². The Morgan fingerprint density at radius 1 is 1.28 bits per heavy atom. The van der Waals surface area contributed by atoms with E-state index in [0.717, 1.165) is 10.8 Å². The average molecular weight is 316 g/mol. The van der Waals surface area contributed by atoms with Crippen molar-refractivity contribution < 1.29 is 8.78 Å². The van der Waals surface area contributed by atoms with E-state index in [9.17, 15) is 8.78 Å². The fourth-order valence-electron chi connectivity index (χ4n) is 1.80. The van der Waals surface area contributed by atoms with Crippen molar-refractivity contribution in [3.05, 3.63) is 30.5 Å². The van der Waals surface area contributed by atoms with Crippen LogP contribution in [0.25, 0.3) is 10.8 Å². The van der Waals surface area contributed by atoms with Gasteiger partial charge in [-0.15, -0.1) is 5.10 Å². The van der Waals surface area contributed by atoms with Gasteiger partial charge in [0.1, 0.15) is 0 Å². The van der Waals surface area contributed by atoms with Gasteiger partial charge in [0.05, 0.1) is 12.7 Å². The second kappa shape index (κ2) is 6.04. The first-order valence-corrected chi connectivity index (χ1v) is 6.64. The van der Waals surface area contributed by atoms with Crippen LogP contribution in [0.1, 0.15) is 0 Å². The standard InChI is InChI=1S/C12H12BrF2N3/c13-5-6-18(8-11(14)15)12-10-4-2-1-3-9(10)7-16-17-12/h1-4,7,11H,5-6,8H2. The minimum absolute atomic E-state index is 0.339. The molecule has 2 rings (SSSR count). The van der Waals surface area contributed by atoms with Crippen LogP contribution in [0.5, 0.6) is 0 Å². The van der Waals surface area contributed by atoms with Crippen LogP contribution in [-0.2, 0) is 0 Å². The van der Waals surface area contributed by atoms with Crippen LogP contribution in [-0.4, -0.2) is 35.0 Å². The lowest BCUT2D eigenvalue weighted by Crippen LogP contribution is -2.31. The molecule has 3 nitrogen and oxygen atoms in total. The third kappa shape index (κ3) is 2.93. The van der Waals surface area contributed by atoms with E-state index in [-0.39, 0.29) is 6.54 Å². The number of alkyl halides is 3. The molecule has 18 heavy (non-hydrogen) atoms. The van der Waals surface area contributed by atoms with Gasteiger partial charge in [-0.2, -0.15) is 5.10 Å². The number of hydrogen-bond acceptors (Lipinski definition) is 3. The fourth-order valence-corrected chi connectivity index (χ4v) is 2.23. The van der Waals surface area contributed by atoms with Gasteiger partial charge in [0, 0.05) is 22.6 Å². The van der Waals surface area contributed by atoms with Crippen LogP contribution < -0.4 is 4.90 Å². The normalized spacial score (nSPS) is 11.1. The predicted molar refractivity (Wildman–Crippen MR) is 71.5 cm³/mol. The smallest absolute Gasteiger partial charge is 0.255 e. The molecule has 0 aliphatic heterocycles. The van der Waals surface area contributed by atoms with Crippen molar-refractivity contribution in [3.8, 4) is 0 Å². The number of rotatable bonds is 5. The van der Waals surface area contributed by atoms with Crippen LogP contribution >= 0.6 is 15.9 Å². The lowest BCUT2D eigenvalue weighted by Gasteiger charge is -2.22. The first-order valence-electron chi connectivity index (χ1n) is 5.52. The molecule has 0 atom stereocenters. The zero-order chi connectivity index (χ0) is 13.0. The average Bonchev–Trinajstić information content (AvgIpc) is 2.37. The highest BCUT2D eigenvalue weighted by atomic mass is 79.9. The monoisotopic (exact) mass is 315 g/mol. The summed E-state index contributed by atoms with van der Waals surface area (Å²) < 4.78 is 25.2. The Balaban J connectivity index is 2.43. The van der Waals surface area contributed by atoms with E-state index in [0.29, 0.717) is 17.7 Å². The molecule has 0 saturated heterocycles. The molecule has 0 spiro atoms. The number of benzene rings is 1. The van der Waals surface area contributed by atoms with Gasteiger partial charge in [0.2, 0.25) is 0 Å². The Morgan fingerprint density at radius 2 is 2.06 bits per heavy atom. The quantitative estimate of drug-likeness (QED) is 0.794. The molecule has 0 unspecified atom stereocenters. The van der Waals surface area contributed by atoms with Gasteiger partial charge in [0.25, 0.3) is 6.43 Å². The molecule has 1 aromatic heterocycles. The van der Waals surface area contributed by atoms with E-state index in [4.69, 9.17) is 0 Å². The molecule has 0 aliphatic carbocycles. The summed E-state index contributed by atoms with van der Waals surface area (Å²) in [5, 5.41) is 10.2. The number of nitrogens with zero attached hydrogens (tertiary/aromatic N) is 3. The maximum absolute atomic E-state index is 12.6. The Labute approximate surface area is 112 Å². The minimum Gasteiger partial charge on any atom is -0.348 e. The van der Waals surface area contributed by atoms with Crippen molar-refractivity contribution in [1.29, 1.82) is 0 Å². The van der Waals surface area contributed by atoms with E-state index in [1.165, 1.54) is 0 Å². The van der Waals surface area contributed by atoms with Crippen molar-refractivity contribution >= 4 is 32.5 Å². The molecule has 0 aliphatic rings. The van der Waals surface area contributed by atoms with E-state index >= 15 is 0 Å². The Morgan fingerprint density at radius 3 is 2.78 bits per heavy atom. The molecular weight excluding hydrogens is 304 g/mol. The van der Waals surface area contributed by atoms with Crippen molar-refractivity contribution in [2.45, 2.75) is 6.43 Å². The third-order valence-corrected chi connectivity index (χ3v) is 2.92. The number of hydrogen-bond donors (Lipinski definition) is 0. The van der Waals surface area contributed by atoms with Gasteiger partial charge < -0.3 is 4.90 Å². The highest BCUT2D eigenvalue weighted by molar-refractivity contribution is 9.09. The third-order valence-electron chi connectivity index (χ3n) is 2.56. The van der Waals surface area contributed by atoms with Gasteiger partial charge in [0.15, 0.2) is 5.82 Å². The summed E-state index contributed by atoms with van der Waals surface area (Å²) in [4.78, 5) is 1.55. The zero-order valence-corrected chi connectivity index (χ0v) is 11.1. The molecule has 96 valence electrons. The molecule has 1 aromatic carbocycles. The lowest BCUT2D eigenvalue weighted by molar-refractivity contribution is 0.155. The van der Waals surface area contributed by atoms with Gasteiger partial charge in [-0.05, 0) is 0 Å². The first-order chi connectivity index (χ1) is 8.72. The molecule has 1 heterocycles. The molecule has 0 N–H and O–H groups in total. The summed E-state index contributed by atoms with van der Waals surface area (Å²) in [5.41, 5.74) is 0. The van der Waals surface area contributed by atoms with E-state index in [1.807, 2.05) is 24.3 Å². The number of anilines is 1. The van der Waals surface area contributed by atoms with Crippen LogP contribution in [0.4, 0.5) is 14.6 Å². The van der Waals surface area contributed by atoms with Gasteiger partial charge in [-0.1, -0.05) is 40.2 Å². The summed E-state index contributed by atoms with van der Waals surface area (Å²) in [6, 6.07) is 7.51. The van der Waals surface area contributed by atoms with Gasteiger partial charge in [-0.25, -0.2) is 8.78 Å². The second-order valence-corrected chi connectivity index (χ2v) is 4.57. The van der Waals surface area contributed by atoms with E-state index in [1.54, 1.807) is 11.1 Å². The molecular formula is C12H12BrF2N3. The maximum atomic E-state index is 12.6. The SMILES string of the molecule is FC(F)CN(CCBr)c1nncc2ccccc12. The Kier molecular flexibility index (Phi) is 4.41. The summed E-state index contributed by atoms with van der Waals surface area (Å²) in [6.45, 7) is 0.126. The van der Waals surface area contributed by atoms with Crippen molar-refractivity contribution in [2.24, 2.45) is 0 Å². The van der Waals surface area contributed by atoms with Gasteiger partial charge in [-0.3, -0.25) is 0 Å². The largest absolute Gasteiger partial charge is 0.348 e. The summed E-state index contributed by atoms with van der Waals surface area (Å²) in [5.74, 6) is 0.507. The molecule has 0 saturated carbocycles. The number of aromatic nitrogens is 2. The first kappa shape index (κ1) is 13.1. The fraction of sp³-hybridized carbons (Fsp3) is 0.333. The molecule has 0 amide bonds. The lowest BCUT2D eigenvalue weighted by atomic mass is 10.2. The molecule has 0 fully saturated rings. The highest BCUT2D eigenvalue weighted by Gasteiger charge is 2.16. The Bertz CT molecular complexity index is 516. The summed E-state index contributed by atoms with van der Waals surface area (Å²) in [6.07, 6.45) is -0.766. The van der Waals surface area contributed by atoms with Crippen LogP contribution in [0, 0.1) is 0 Å². The number of fused-ring (bicyclic) bond motifs is 1. The maximum Gasteiger partial charge on any atom is 0.255 e. The van der Waals surface area contributed by atoms with E-state index < -0.39 is 6.43 Å². The van der Waals surface area contributed by atoms with Crippen molar-refractivity contribution in [2.75, 3.05) is 23.3 Å². The second-order valence-electron chi connectivity index (χ2n) is 3.78. The van der Waals surface area contributed by atoms with Crippen LogP contribution in [0.3, 0.4) is 0 Å². The Hall–Kier alpha value is -1.30.